The van der Waals surface area contributed by atoms with Crippen LogP contribution in [0.5, 0.6) is 0 Å². The summed E-state index contributed by atoms with van der Waals surface area (Å²) in [6.07, 6.45) is 0. The second-order valence-electron chi connectivity index (χ2n) is 11.3. The van der Waals surface area contributed by atoms with Crippen LogP contribution in [0.2, 0.25) is 0 Å². The lowest BCUT2D eigenvalue weighted by atomic mass is 9.90. The van der Waals surface area contributed by atoms with Gasteiger partial charge in [0, 0.05) is 31.9 Å². The zero-order valence-electron chi connectivity index (χ0n) is 22.6. The summed E-state index contributed by atoms with van der Waals surface area (Å²) in [5, 5.41) is 13.2. The standard InChI is InChI=1S/C40H23NS/c1-3-13-35-30(11-1)33-21-22-34-31-12-2-4-14-36(31)42-40(34)39(33)41(35)28-10-6-9-27(23-28)29-19-17-26-16-15-24-7-5-8-25-18-20-32(29)38(26)37(24)25/h1-23H. The van der Waals surface area contributed by atoms with Gasteiger partial charge in [0.2, 0.25) is 0 Å². The maximum Gasteiger partial charge on any atom is 0.0719 e. The predicted octanol–water partition coefficient (Wildman–Crippen LogP) is 11.7. The molecular formula is C40H23NS. The molecule has 10 aromatic rings. The van der Waals surface area contributed by atoms with Gasteiger partial charge < -0.3 is 4.57 Å². The van der Waals surface area contributed by atoms with E-state index in [2.05, 4.69) is 144 Å². The molecule has 0 N–H and O–H groups in total. The largest absolute Gasteiger partial charge is 0.308 e. The van der Waals surface area contributed by atoms with Gasteiger partial charge in [0.15, 0.2) is 0 Å². The zero-order chi connectivity index (χ0) is 27.4. The van der Waals surface area contributed by atoms with E-state index in [1.165, 1.54) is 91.1 Å². The number of hydrogen-bond acceptors (Lipinski definition) is 1. The van der Waals surface area contributed by atoms with E-state index in [1.807, 2.05) is 11.3 Å². The summed E-state index contributed by atoms with van der Waals surface area (Å²) in [6, 6.07) is 51.7. The van der Waals surface area contributed by atoms with Crippen molar-refractivity contribution in [3.05, 3.63) is 140 Å². The van der Waals surface area contributed by atoms with Gasteiger partial charge in [-0.05, 0) is 67.7 Å². The Morgan fingerprint density at radius 3 is 2.05 bits per heavy atom. The van der Waals surface area contributed by atoms with E-state index in [1.54, 1.807) is 0 Å². The predicted molar refractivity (Wildman–Crippen MR) is 183 cm³/mol. The minimum Gasteiger partial charge on any atom is -0.308 e. The number of para-hydroxylation sites is 1. The molecule has 0 saturated carbocycles. The van der Waals surface area contributed by atoms with Gasteiger partial charge in [-0.25, -0.2) is 0 Å². The van der Waals surface area contributed by atoms with Crippen molar-refractivity contribution < 1.29 is 0 Å². The fraction of sp³-hybridized carbons (Fsp3) is 0. The first-order valence-electron chi connectivity index (χ1n) is 14.4. The fourth-order valence-corrected chi connectivity index (χ4v) is 8.54. The van der Waals surface area contributed by atoms with Crippen LogP contribution < -0.4 is 0 Å². The second-order valence-corrected chi connectivity index (χ2v) is 12.4. The van der Waals surface area contributed by atoms with Gasteiger partial charge in [-0.3, -0.25) is 0 Å². The van der Waals surface area contributed by atoms with Crippen LogP contribution in [0.4, 0.5) is 0 Å². The van der Waals surface area contributed by atoms with Gasteiger partial charge in [-0.1, -0.05) is 115 Å². The van der Waals surface area contributed by atoms with Crippen LogP contribution in [0.3, 0.4) is 0 Å². The van der Waals surface area contributed by atoms with E-state index in [0.717, 1.165) is 0 Å². The summed E-state index contributed by atoms with van der Waals surface area (Å²) in [7, 11) is 0. The Hall–Kier alpha value is -5.18. The second kappa shape index (κ2) is 8.19. The van der Waals surface area contributed by atoms with E-state index in [4.69, 9.17) is 0 Å². The Morgan fingerprint density at radius 2 is 1.14 bits per heavy atom. The van der Waals surface area contributed by atoms with E-state index >= 15 is 0 Å². The van der Waals surface area contributed by atoms with Crippen LogP contribution in [0.1, 0.15) is 0 Å². The Balaban J connectivity index is 1.29. The number of aromatic nitrogens is 1. The molecule has 2 heteroatoms. The van der Waals surface area contributed by atoms with E-state index in [0.29, 0.717) is 0 Å². The van der Waals surface area contributed by atoms with Crippen LogP contribution in [0, 0.1) is 0 Å². The maximum atomic E-state index is 2.49. The first kappa shape index (κ1) is 22.5. The van der Waals surface area contributed by atoms with Gasteiger partial charge >= 0.3 is 0 Å². The molecule has 0 radical (unpaired) electrons. The normalized spacial score (nSPS) is 12.3. The molecule has 0 saturated heterocycles. The van der Waals surface area contributed by atoms with Gasteiger partial charge in [0.1, 0.15) is 0 Å². The van der Waals surface area contributed by atoms with E-state index < -0.39 is 0 Å². The molecule has 0 fully saturated rings. The number of hydrogen-bond donors (Lipinski definition) is 0. The number of thiophene rings is 1. The molecule has 0 unspecified atom stereocenters. The van der Waals surface area contributed by atoms with E-state index in [-0.39, 0.29) is 0 Å². The molecule has 42 heavy (non-hydrogen) atoms. The Bertz CT molecular complexity index is 2670. The van der Waals surface area contributed by atoms with E-state index in [9.17, 15) is 0 Å². The topological polar surface area (TPSA) is 4.93 Å². The molecule has 0 aliphatic carbocycles. The highest BCUT2D eigenvalue weighted by Crippen LogP contribution is 2.44. The lowest BCUT2D eigenvalue weighted by Crippen LogP contribution is -1.95. The summed E-state index contributed by atoms with van der Waals surface area (Å²) in [5.41, 5.74) is 6.23. The van der Waals surface area contributed by atoms with Gasteiger partial charge in [-0.15, -0.1) is 11.3 Å². The highest BCUT2D eigenvalue weighted by atomic mass is 32.1. The molecule has 0 atom stereocenters. The van der Waals surface area contributed by atoms with Crippen LogP contribution in [-0.2, 0) is 0 Å². The van der Waals surface area contributed by atoms with Crippen molar-refractivity contribution >= 4 is 85.6 Å². The molecule has 8 aromatic carbocycles. The summed E-state index contributed by atoms with van der Waals surface area (Å²) in [4.78, 5) is 0. The molecule has 0 amide bonds. The van der Waals surface area contributed by atoms with Gasteiger partial charge in [-0.2, -0.15) is 0 Å². The molecule has 0 spiro atoms. The number of rotatable bonds is 2. The van der Waals surface area contributed by atoms with Crippen molar-refractivity contribution in [2.45, 2.75) is 0 Å². The van der Waals surface area contributed by atoms with Gasteiger partial charge in [0.25, 0.3) is 0 Å². The molecule has 1 nitrogen and oxygen atoms in total. The lowest BCUT2D eigenvalue weighted by molar-refractivity contribution is 1.19. The fourth-order valence-electron chi connectivity index (χ4n) is 7.30. The summed E-state index contributed by atoms with van der Waals surface area (Å²) in [6.45, 7) is 0. The van der Waals surface area contributed by atoms with Gasteiger partial charge in [0.05, 0.1) is 15.7 Å². The third-order valence-electron chi connectivity index (χ3n) is 9.12. The average Bonchev–Trinajstić information content (AvgIpc) is 3.60. The number of nitrogens with zero attached hydrogens (tertiary/aromatic N) is 1. The van der Waals surface area contributed by atoms with Crippen molar-refractivity contribution in [2.75, 3.05) is 0 Å². The Kier molecular flexibility index (Phi) is 4.39. The maximum absolute atomic E-state index is 2.49. The summed E-state index contributed by atoms with van der Waals surface area (Å²) in [5.74, 6) is 0. The number of benzene rings is 8. The van der Waals surface area contributed by atoms with Crippen molar-refractivity contribution in [1.82, 2.24) is 4.57 Å². The third-order valence-corrected chi connectivity index (χ3v) is 10.3. The van der Waals surface area contributed by atoms with Crippen LogP contribution in [0.15, 0.2) is 140 Å². The molecule has 194 valence electrons. The van der Waals surface area contributed by atoms with Crippen molar-refractivity contribution in [3.63, 3.8) is 0 Å². The first-order valence-corrected chi connectivity index (χ1v) is 15.3. The third kappa shape index (κ3) is 2.92. The zero-order valence-corrected chi connectivity index (χ0v) is 23.5. The Morgan fingerprint density at radius 1 is 0.452 bits per heavy atom. The molecule has 0 aliphatic heterocycles. The average molecular weight is 550 g/mol. The highest BCUT2D eigenvalue weighted by Gasteiger charge is 2.18. The molecule has 0 aliphatic rings. The van der Waals surface area contributed by atoms with Crippen LogP contribution in [-0.4, -0.2) is 4.57 Å². The quantitative estimate of drug-likeness (QED) is 0.189. The minimum absolute atomic E-state index is 1.19. The molecule has 2 aromatic heterocycles. The molecule has 0 bridgehead atoms. The summed E-state index contributed by atoms with van der Waals surface area (Å²) < 4.78 is 5.17. The number of fused-ring (bicyclic) bond motifs is 7. The smallest absolute Gasteiger partial charge is 0.0719 e. The van der Waals surface area contributed by atoms with Crippen molar-refractivity contribution in [2.24, 2.45) is 0 Å². The lowest BCUT2D eigenvalue weighted by Gasteiger charge is -2.15. The molecule has 2 heterocycles. The SMILES string of the molecule is c1cc(-c2ccc3ccc4cccc5ccc2c3c45)cc(-n2c3ccccc3c3ccc4c5ccccc5sc4c32)c1. The highest BCUT2D eigenvalue weighted by molar-refractivity contribution is 7.26. The molecular weight excluding hydrogens is 527 g/mol. The van der Waals surface area contributed by atoms with Crippen molar-refractivity contribution in [1.29, 1.82) is 0 Å². The Labute approximate surface area is 245 Å². The first-order chi connectivity index (χ1) is 20.8. The monoisotopic (exact) mass is 549 g/mol. The molecule has 10 rings (SSSR count). The van der Waals surface area contributed by atoms with Crippen LogP contribution >= 0.6 is 11.3 Å². The summed E-state index contributed by atoms with van der Waals surface area (Å²) >= 11 is 1.90. The van der Waals surface area contributed by atoms with Crippen LogP contribution in [0.25, 0.3) is 91.1 Å². The minimum atomic E-state index is 1.19. The van der Waals surface area contributed by atoms with Crippen molar-refractivity contribution in [3.8, 4) is 16.8 Å².